The van der Waals surface area contributed by atoms with Crippen molar-refractivity contribution in [3.63, 3.8) is 0 Å². The third kappa shape index (κ3) is 2.80. The summed E-state index contributed by atoms with van der Waals surface area (Å²) in [5.74, 6) is 0. The van der Waals surface area contributed by atoms with Gasteiger partial charge < -0.3 is 0 Å². The van der Waals surface area contributed by atoms with Gasteiger partial charge in [-0.1, -0.05) is 64.5 Å². The lowest BCUT2D eigenvalue weighted by atomic mass is 9.84. The van der Waals surface area contributed by atoms with Crippen molar-refractivity contribution in [3.8, 4) is 0 Å². The number of hydrogen-bond acceptors (Lipinski definition) is 0. The predicted octanol–water partition coefficient (Wildman–Crippen LogP) is 7.88. The van der Waals surface area contributed by atoms with Crippen LogP contribution in [0.15, 0.2) is 69.1 Å². The van der Waals surface area contributed by atoms with E-state index in [-0.39, 0.29) is 0 Å². The maximum absolute atomic E-state index is 3.83. The third-order valence-electron chi connectivity index (χ3n) is 5.36. The first-order valence-corrected chi connectivity index (χ1v) is 10.4. The second-order valence-electron chi connectivity index (χ2n) is 6.97. The molecule has 0 heterocycles. The van der Waals surface area contributed by atoms with Crippen molar-refractivity contribution < 1.29 is 0 Å². The maximum Gasteiger partial charge on any atom is 0.0286 e. The quantitative estimate of drug-likeness (QED) is 0.341. The Labute approximate surface area is 171 Å². The summed E-state index contributed by atoms with van der Waals surface area (Å²) < 4.78 is 2.43. The molecule has 3 aromatic rings. The van der Waals surface area contributed by atoms with Crippen molar-refractivity contribution in [2.24, 2.45) is 0 Å². The standard InChI is InChI=1S/C24H20Br2/c1-14-12-18(25)13-17-8-4-5-9-19(17)22(14)23-15(2)16(3)24(26)21-11-7-6-10-20(21)23/h4-12H,13H2,1-3H3. The van der Waals surface area contributed by atoms with E-state index in [2.05, 4.69) is 107 Å². The molecule has 0 bridgehead atoms. The third-order valence-corrected chi connectivity index (χ3v) is 6.89. The highest BCUT2D eigenvalue weighted by molar-refractivity contribution is 9.11. The maximum atomic E-state index is 3.83. The van der Waals surface area contributed by atoms with Crippen LogP contribution in [-0.4, -0.2) is 0 Å². The molecule has 0 aromatic heterocycles. The fourth-order valence-electron chi connectivity index (χ4n) is 3.97. The lowest BCUT2D eigenvalue weighted by Gasteiger charge is -2.21. The van der Waals surface area contributed by atoms with Gasteiger partial charge in [0, 0.05) is 10.9 Å². The highest BCUT2D eigenvalue weighted by atomic mass is 79.9. The number of benzene rings is 3. The van der Waals surface area contributed by atoms with Gasteiger partial charge in [0.2, 0.25) is 0 Å². The van der Waals surface area contributed by atoms with Crippen molar-refractivity contribution in [2.45, 2.75) is 27.2 Å². The fraction of sp³-hybridized carbons (Fsp3) is 0.167. The van der Waals surface area contributed by atoms with Gasteiger partial charge in [-0.25, -0.2) is 0 Å². The first kappa shape index (κ1) is 17.8. The van der Waals surface area contributed by atoms with Gasteiger partial charge in [-0.3, -0.25) is 0 Å². The molecule has 0 nitrogen and oxygen atoms in total. The van der Waals surface area contributed by atoms with Crippen LogP contribution in [0.5, 0.6) is 0 Å². The Bertz CT molecular complexity index is 1100. The van der Waals surface area contributed by atoms with Crippen LogP contribution in [0, 0.1) is 13.8 Å². The average molecular weight is 468 g/mol. The molecule has 0 amide bonds. The molecular weight excluding hydrogens is 448 g/mol. The predicted molar refractivity (Wildman–Crippen MR) is 120 cm³/mol. The van der Waals surface area contributed by atoms with Gasteiger partial charge in [-0.2, -0.15) is 0 Å². The zero-order valence-corrected chi connectivity index (χ0v) is 18.3. The molecule has 2 heteroatoms. The monoisotopic (exact) mass is 466 g/mol. The van der Waals surface area contributed by atoms with Crippen LogP contribution in [0.25, 0.3) is 16.3 Å². The molecule has 3 aromatic carbocycles. The topological polar surface area (TPSA) is 0 Å². The van der Waals surface area contributed by atoms with Crippen molar-refractivity contribution in [1.29, 1.82) is 0 Å². The Hall–Kier alpha value is -1.64. The number of rotatable bonds is 1. The van der Waals surface area contributed by atoms with E-state index in [0.29, 0.717) is 0 Å². The Morgan fingerprint density at radius 2 is 1.42 bits per heavy atom. The highest BCUT2D eigenvalue weighted by Crippen LogP contribution is 2.43. The fourth-order valence-corrected chi connectivity index (χ4v) is 5.26. The van der Waals surface area contributed by atoms with Gasteiger partial charge in [0.05, 0.1) is 0 Å². The van der Waals surface area contributed by atoms with Gasteiger partial charge in [-0.05, 0) is 97.0 Å². The second kappa shape index (κ2) is 6.83. The van der Waals surface area contributed by atoms with Crippen molar-refractivity contribution in [3.05, 3.63) is 97.0 Å². The van der Waals surface area contributed by atoms with Gasteiger partial charge in [-0.15, -0.1) is 0 Å². The molecule has 26 heavy (non-hydrogen) atoms. The summed E-state index contributed by atoms with van der Waals surface area (Å²) in [6.07, 6.45) is 3.21. The highest BCUT2D eigenvalue weighted by Gasteiger charge is 2.21. The van der Waals surface area contributed by atoms with Gasteiger partial charge in [0.15, 0.2) is 0 Å². The first-order valence-electron chi connectivity index (χ1n) is 8.82. The van der Waals surface area contributed by atoms with E-state index in [1.807, 2.05) is 0 Å². The molecule has 0 aliphatic heterocycles. The van der Waals surface area contributed by atoms with Crippen LogP contribution < -0.4 is 0 Å². The first-order chi connectivity index (χ1) is 12.5. The minimum absolute atomic E-state index is 0.934. The molecule has 0 spiro atoms. The van der Waals surface area contributed by atoms with Gasteiger partial charge in [0.1, 0.15) is 0 Å². The summed E-state index contributed by atoms with van der Waals surface area (Å²) in [6, 6.07) is 17.5. The van der Waals surface area contributed by atoms with Crippen molar-refractivity contribution >= 4 is 48.2 Å². The smallest absolute Gasteiger partial charge is 0.0286 e. The number of hydrogen-bond donors (Lipinski definition) is 0. The number of allylic oxidation sites excluding steroid dienone is 3. The van der Waals surface area contributed by atoms with Crippen LogP contribution in [0.2, 0.25) is 0 Å². The van der Waals surface area contributed by atoms with E-state index in [1.165, 1.54) is 58.7 Å². The molecule has 0 atom stereocenters. The molecule has 0 saturated carbocycles. The summed E-state index contributed by atoms with van der Waals surface area (Å²) in [5, 5.41) is 2.58. The van der Waals surface area contributed by atoms with Crippen LogP contribution in [-0.2, 0) is 6.42 Å². The lowest BCUT2D eigenvalue weighted by molar-refractivity contribution is 1.24. The molecule has 1 aliphatic rings. The summed E-state index contributed by atoms with van der Waals surface area (Å²) in [7, 11) is 0. The molecule has 1 aliphatic carbocycles. The molecular formula is C24H20Br2. The van der Waals surface area contributed by atoms with Gasteiger partial charge in [0.25, 0.3) is 0 Å². The normalized spacial score (nSPS) is 14.3. The minimum Gasteiger partial charge on any atom is -0.0619 e. The molecule has 0 N–H and O–H groups in total. The largest absolute Gasteiger partial charge is 0.0619 e. The minimum atomic E-state index is 0.934. The van der Waals surface area contributed by atoms with Crippen molar-refractivity contribution in [1.82, 2.24) is 0 Å². The number of halogens is 2. The lowest BCUT2D eigenvalue weighted by Crippen LogP contribution is -2.01. The SMILES string of the molecule is CC1=C(c2c(C)c(C)c(Br)c3ccccc23)c2ccccc2CC(Br)=C1. The Kier molecular flexibility index (Phi) is 4.66. The molecule has 0 saturated heterocycles. The van der Waals surface area contributed by atoms with Crippen LogP contribution in [0.3, 0.4) is 0 Å². The Morgan fingerprint density at radius 3 is 2.19 bits per heavy atom. The summed E-state index contributed by atoms with van der Waals surface area (Å²) in [4.78, 5) is 0. The molecule has 130 valence electrons. The average Bonchev–Trinajstić information content (AvgIpc) is 2.75. The zero-order chi connectivity index (χ0) is 18.4. The van der Waals surface area contributed by atoms with Crippen LogP contribution in [0.4, 0.5) is 0 Å². The van der Waals surface area contributed by atoms with Crippen molar-refractivity contribution in [2.75, 3.05) is 0 Å². The molecule has 0 unspecified atom stereocenters. The van der Waals surface area contributed by atoms with Crippen LogP contribution >= 0.6 is 31.9 Å². The van der Waals surface area contributed by atoms with E-state index < -0.39 is 0 Å². The zero-order valence-electron chi connectivity index (χ0n) is 15.2. The van der Waals surface area contributed by atoms with Crippen LogP contribution in [0.1, 0.15) is 34.7 Å². The molecule has 0 radical (unpaired) electrons. The van der Waals surface area contributed by atoms with Gasteiger partial charge >= 0.3 is 0 Å². The molecule has 4 rings (SSSR count). The summed E-state index contributed by atoms with van der Waals surface area (Å²) >= 11 is 7.59. The van der Waals surface area contributed by atoms with E-state index in [9.17, 15) is 0 Å². The summed E-state index contributed by atoms with van der Waals surface area (Å²) in [5.41, 5.74) is 9.35. The Balaban J connectivity index is 2.18. The number of fused-ring (bicyclic) bond motifs is 2. The summed E-state index contributed by atoms with van der Waals surface area (Å²) in [6.45, 7) is 6.68. The van der Waals surface area contributed by atoms with E-state index in [0.717, 1.165) is 6.42 Å². The van der Waals surface area contributed by atoms with E-state index >= 15 is 0 Å². The Morgan fingerprint density at radius 1 is 0.769 bits per heavy atom. The second-order valence-corrected chi connectivity index (χ2v) is 8.78. The molecule has 0 fully saturated rings. The van der Waals surface area contributed by atoms with E-state index in [4.69, 9.17) is 0 Å². The van der Waals surface area contributed by atoms with E-state index in [1.54, 1.807) is 0 Å².